The van der Waals surface area contributed by atoms with Gasteiger partial charge in [-0.05, 0) is 39.7 Å². The van der Waals surface area contributed by atoms with E-state index in [1.165, 1.54) is 0 Å². The van der Waals surface area contributed by atoms with Crippen molar-refractivity contribution in [2.75, 3.05) is 11.5 Å². The highest BCUT2D eigenvalue weighted by molar-refractivity contribution is 7.93. The lowest BCUT2D eigenvalue weighted by molar-refractivity contribution is -0.274. The quantitative estimate of drug-likeness (QED) is 0.605. The van der Waals surface area contributed by atoms with Crippen LogP contribution >= 0.6 is 11.6 Å². The van der Waals surface area contributed by atoms with Crippen LogP contribution in [-0.4, -0.2) is 52.5 Å². The van der Waals surface area contributed by atoms with Crippen molar-refractivity contribution in [1.82, 2.24) is 20.1 Å². The van der Waals surface area contributed by atoms with Crippen LogP contribution in [0.3, 0.4) is 0 Å². The second-order valence-electron chi connectivity index (χ2n) is 9.39. The number of fused-ring (bicyclic) bond motifs is 1. The van der Waals surface area contributed by atoms with E-state index in [1.807, 2.05) is 13.8 Å². The van der Waals surface area contributed by atoms with Crippen LogP contribution in [0.25, 0.3) is 11.3 Å². The van der Waals surface area contributed by atoms with E-state index in [9.17, 15) is 26.4 Å². The summed E-state index contributed by atoms with van der Waals surface area (Å²) in [5.74, 6) is -1.28. The lowest BCUT2D eigenvalue weighted by Crippen LogP contribution is -2.64. The Kier molecular flexibility index (Phi) is 6.12. The summed E-state index contributed by atoms with van der Waals surface area (Å²) in [5.41, 5.74) is 1.44. The Morgan fingerprint density at radius 2 is 2.03 bits per heavy atom. The van der Waals surface area contributed by atoms with Gasteiger partial charge in [0.25, 0.3) is 0 Å². The van der Waals surface area contributed by atoms with Crippen molar-refractivity contribution in [2.24, 2.45) is 5.92 Å². The number of nitrogens with one attached hydrogen (secondary N) is 1. The van der Waals surface area contributed by atoms with Crippen LogP contribution in [0.1, 0.15) is 44.5 Å². The first-order valence-corrected chi connectivity index (χ1v) is 12.9. The van der Waals surface area contributed by atoms with Crippen LogP contribution in [0.15, 0.2) is 12.3 Å². The number of amides is 1. The normalized spacial score (nSPS) is 21.0. The number of carbonyl (C=O) groups is 1. The molecule has 1 fully saturated rings. The summed E-state index contributed by atoms with van der Waals surface area (Å²) in [6.07, 6.45) is -2.69. The van der Waals surface area contributed by atoms with E-state index in [4.69, 9.17) is 11.6 Å². The molecule has 0 saturated carbocycles. The zero-order valence-corrected chi connectivity index (χ0v) is 20.3. The summed E-state index contributed by atoms with van der Waals surface area (Å²) in [5, 5.41) is 7.48. The summed E-state index contributed by atoms with van der Waals surface area (Å²) in [6, 6.07) is 1.08. The molecule has 4 rings (SSSR count). The average Bonchev–Trinajstić information content (AvgIpc) is 3.05. The van der Waals surface area contributed by atoms with Gasteiger partial charge in [0.15, 0.2) is 9.84 Å². The number of nitrogens with zero attached hydrogens (tertiary/aromatic N) is 3. The Morgan fingerprint density at radius 3 is 2.62 bits per heavy atom. The highest BCUT2D eigenvalue weighted by Gasteiger charge is 2.46. The van der Waals surface area contributed by atoms with Gasteiger partial charge in [0.1, 0.15) is 10.9 Å². The molecule has 2 aliphatic rings. The van der Waals surface area contributed by atoms with E-state index < -0.39 is 27.5 Å². The molecule has 186 valence electrons. The van der Waals surface area contributed by atoms with Crippen molar-refractivity contribution in [3.05, 3.63) is 28.7 Å². The predicted octanol–water partition coefficient (Wildman–Crippen LogP) is 3.49. The van der Waals surface area contributed by atoms with Crippen molar-refractivity contribution < 1.29 is 31.1 Å². The fraction of sp³-hybridized carbons (Fsp3) is 0.571. The molecule has 0 bridgehead atoms. The third kappa shape index (κ3) is 5.02. The summed E-state index contributed by atoms with van der Waals surface area (Å²) >= 11 is 6.22. The van der Waals surface area contributed by atoms with Gasteiger partial charge in [-0.25, -0.2) is 13.4 Å². The van der Waals surface area contributed by atoms with Gasteiger partial charge in [-0.2, -0.15) is 5.10 Å². The molecule has 2 aromatic heterocycles. The molecule has 1 N–H and O–H groups in total. The minimum Gasteiger partial charge on any atom is -0.404 e. The molecule has 1 saturated heterocycles. The largest absolute Gasteiger partial charge is 0.573 e. The number of hydrogen-bond donors (Lipinski definition) is 1. The van der Waals surface area contributed by atoms with Gasteiger partial charge >= 0.3 is 6.36 Å². The molecule has 3 heterocycles. The first-order valence-electron chi connectivity index (χ1n) is 10.7. The first kappa shape index (κ1) is 24.8. The van der Waals surface area contributed by atoms with Gasteiger partial charge in [-0.1, -0.05) is 11.6 Å². The van der Waals surface area contributed by atoms with Gasteiger partial charge < -0.3 is 10.1 Å². The van der Waals surface area contributed by atoms with Crippen LogP contribution in [0.2, 0.25) is 5.15 Å². The minimum absolute atomic E-state index is 0.00952. The summed E-state index contributed by atoms with van der Waals surface area (Å²) in [7, 11) is -3.11. The van der Waals surface area contributed by atoms with Gasteiger partial charge in [-0.3, -0.25) is 9.48 Å². The number of ether oxygens (including phenoxy) is 1. The average molecular weight is 521 g/mol. The molecule has 8 nitrogen and oxygen atoms in total. The number of carbonyl (C=O) groups excluding carboxylic acids is 1. The topological polar surface area (TPSA) is 103 Å². The first-order chi connectivity index (χ1) is 15.7. The molecule has 1 aliphatic carbocycles. The predicted molar refractivity (Wildman–Crippen MR) is 118 cm³/mol. The van der Waals surface area contributed by atoms with E-state index in [-0.39, 0.29) is 40.1 Å². The van der Waals surface area contributed by atoms with Crippen molar-refractivity contribution >= 4 is 27.3 Å². The third-order valence-corrected chi connectivity index (χ3v) is 8.42. The van der Waals surface area contributed by atoms with Gasteiger partial charge in [0, 0.05) is 35.2 Å². The van der Waals surface area contributed by atoms with E-state index in [1.54, 1.807) is 11.6 Å². The maximum Gasteiger partial charge on any atom is 0.573 e. The van der Waals surface area contributed by atoms with E-state index in [0.29, 0.717) is 25.0 Å². The maximum atomic E-state index is 12.9. The lowest BCUT2D eigenvalue weighted by Gasteiger charge is -2.39. The molecule has 1 amide bonds. The number of halogens is 4. The fourth-order valence-electron chi connectivity index (χ4n) is 4.69. The van der Waals surface area contributed by atoms with Crippen molar-refractivity contribution in [2.45, 2.75) is 58.0 Å². The van der Waals surface area contributed by atoms with Crippen molar-refractivity contribution in [1.29, 1.82) is 0 Å². The van der Waals surface area contributed by atoms with E-state index >= 15 is 0 Å². The standard InChI is InChI=1S/C21H24ClF3N4O4S/c1-11(2)29-16-6-12(19(30)27-20(3)9-34(31,32)10-20)4-5-14(16)17(28-29)15-7-13(8-26-18(15)22)33-21(23,24)25/h7-8,11-12H,4-6,9-10H2,1-3H3,(H,27,30)/t12-/m1/s1. The number of alkyl halides is 3. The zero-order chi connectivity index (χ0) is 25.1. The SMILES string of the molecule is CC(C)n1nc(-c2cc(OC(F)(F)F)cnc2Cl)c2c1C[C@H](C(=O)NC1(C)CS(=O)(=O)C1)CC2. The zero-order valence-electron chi connectivity index (χ0n) is 18.7. The van der Waals surface area contributed by atoms with Gasteiger partial charge in [0.05, 0.1) is 28.9 Å². The van der Waals surface area contributed by atoms with Crippen LogP contribution in [0.5, 0.6) is 5.75 Å². The Hall–Kier alpha value is -2.34. The second-order valence-corrected chi connectivity index (χ2v) is 11.8. The summed E-state index contributed by atoms with van der Waals surface area (Å²) < 4.78 is 66.9. The molecular formula is C21H24ClF3N4O4S. The monoisotopic (exact) mass is 520 g/mol. The molecule has 2 aromatic rings. The molecule has 13 heteroatoms. The number of hydrogen-bond acceptors (Lipinski definition) is 6. The van der Waals surface area contributed by atoms with Crippen LogP contribution in [0, 0.1) is 5.92 Å². The molecule has 1 atom stereocenters. The number of sulfone groups is 1. The maximum absolute atomic E-state index is 12.9. The number of pyridine rings is 1. The Bertz CT molecular complexity index is 1230. The minimum atomic E-state index is -4.87. The van der Waals surface area contributed by atoms with Crippen molar-refractivity contribution in [3.8, 4) is 17.0 Å². The molecule has 34 heavy (non-hydrogen) atoms. The molecule has 0 unspecified atom stereocenters. The molecular weight excluding hydrogens is 497 g/mol. The van der Waals surface area contributed by atoms with E-state index in [0.717, 1.165) is 23.5 Å². The van der Waals surface area contributed by atoms with E-state index in [2.05, 4.69) is 20.1 Å². The highest BCUT2D eigenvalue weighted by atomic mass is 35.5. The Morgan fingerprint density at radius 1 is 1.35 bits per heavy atom. The smallest absolute Gasteiger partial charge is 0.404 e. The fourth-order valence-corrected chi connectivity index (χ4v) is 6.88. The van der Waals surface area contributed by atoms with Crippen LogP contribution < -0.4 is 10.1 Å². The highest BCUT2D eigenvalue weighted by Crippen LogP contribution is 2.39. The Labute approximate surface area is 199 Å². The molecule has 1 aliphatic heterocycles. The van der Waals surface area contributed by atoms with Crippen molar-refractivity contribution in [3.63, 3.8) is 0 Å². The third-order valence-electron chi connectivity index (χ3n) is 5.97. The summed E-state index contributed by atoms with van der Waals surface area (Å²) in [4.78, 5) is 16.8. The summed E-state index contributed by atoms with van der Waals surface area (Å²) in [6.45, 7) is 5.52. The second kappa shape index (κ2) is 8.40. The molecule has 0 spiro atoms. The van der Waals surface area contributed by atoms with Gasteiger partial charge in [0.2, 0.25) is 5.91 Å². The molecule has 0 radical (unpaired) electrons. The lowest BCUT2D eigenvalue weighted by atomic mass is 9.84. The van der Waals surface area contributed by atoms with Gasteiger partial charge in [-0.15, -0.1) is 13.2 Å². The van der Waals surface area contributed by atoms with Crippen LogP contribution in [-0.2, 0) is 27.5 Å². The number of aromatic nitrogens is 3. The van der Waals surface area contributed by atoms with Crippen LogP contribution in [0.4, 0.5) is 13.2 Å². The number of rotatable bonds is 5. The Balaban J connectivity index is 1.63. The molecule has 0 aromatic carbocycles.